The number of rotatable bonds is 7. The van der Waals surface area contributed by atoms with Crippen molar-refractivity contribution in [2.75, 3.05) is 0 Å². The third-order valence-electron chi connectivity index (χ3n) is 9.98. The van der Waals surface area contributed by atoms with Gasteiger partial charge in [0.2, 0.25) is 0 Å². The van der Waals surface area contributed by atoms with E-state index >= 15 is 0 Å². The Kier molecular flexibility index (Phi) is 8.18. The van der Waals surface area contributed by atoms with Crippen LogP contribution in [0.5, 0.6) is 0 Å². The van der Waals surface area contributed by atoms with Gasteiger partial charge in [0, 0.05) is 33.2 Å². The summed E-state index contributed by atoms with van der Waals surface area (Å²) in [7, 11) is 0. The molecule has 0 saturated carbocycles. The molecule has 7 aromatic rings. The molecule has 2 heterocycles. The number of benzene rings is 5. The molecule has 0 amide bonds. The lowest BCUT2D eigenvalue weighted by Gasteiger charge is -2.16. The number of hydrogen-bond donors (Lipinski definition) is 0. The third-order valence-corrected chi connectivity index (χ3v) is 9.98. The Morgan fingerprint density at radius 2 is 1.27 bits per heavy atom. The van der Waals surface area contributed by atoms with Crippen LogP contribution in [0.3, 0.4) is 0 Å². The van der Waals surface area contributed by atoms with E-state index in [9.17, 15) is 0 Å². The summed E-state index contributed by atoms with van der Waals surface area (Å²) in [6.45, 7) is 3.97. The summed E-state index contributed by atoms with van der Waals surface area (Å²) in [6.07, 6.45) is 19.8. The van der Waals surface area contributed by atoms with Crippen LogP contribution >= 0.6 is 0 Å². The van der Waals surface area contributed by atoms with Crippen LogP contribution < -0.4 is 0 Å². The second-order valence-electron chi connectivity index (χ2n) is 13.1. The quantitative estimate of drug-likeness (QED) is 0.170. The van der Waals surface area contributed by atoms with E-state index in [0.717, 1.165) is 58.2 Å². The van der Waals surface area contributed by atoms with Crippen LogP contribution in [-0.2, 0) is 0 Å². The molecule has 0 spiro atoms. The average Bonchev–Trinajstić information content (AvgIpc) is 3.35. The third kappa shape index (κ3) is 5.74. The number of allylic oxidation sites excluding steroid dienone is 11. The van der Waals surface area contributed by atoms with Crippen LogP contribution in [0.15, 0.2) is 182 Å². The van der Waals surface area contributed by atoms with E-state index < -0.39 is 0 Å². The molecule has 0 fully saturated rings. The molecule has 2 aliphatic rings. The van der Waals surface area contributed by atoms with Crippen LogP contribution in [0.2, 0.25) is 0 Å². The second-order valence-corrected chi connectivity index (χ2v) is 13.1. The second kappa shape index (κ2) is 13.6. The van der Waals surface area contributed by atoms with Crippen LogP contribution in [0.25, 0.3) is 78.1 Å². The lowest BCUT2D eigenvalue weighted by molar-refractivity contribution is 0.979. The molecule has 248 valence electrons. The van der Waals surface area contributed by atoms with Crippen molar-refractivity contribution in [2.24, 2.45) is 0 Å². The van der Waals surface area contributed by atoms with Crippen LogP contribution in [0.1, 0.15) is 25.1 Å². The van der Waals surface area contributed by atoms with E-state index in [4.69, 9.17) is 15.0 Å². The Balaban J connectivity index is 1.20. The number of para-hydroxylation sites is 1. The average molecular weight is 669 g/mol. The highest BCUT2D eigenvalue weighted by molar-refractivity contribution is 6.11. The maximum Gasteiger partial charge on any atom is 0.164 e. The van der Waals surface area contributed by atoms with E-state index in [2.05, 4.69) is 139 Å². The summed E-state index contributed by atoms with van der Waals surface area (Å²) in [6, 6.07) is 43.0. The van der Waals surface area contributed by atoms with Crippen molar-refractivity contribution in [3.05, 3.63) is 188 Å². The fraction of sp³-hybridized carbons (Fsp3) is 0.0625. The molecule has 4 heteroatoms. The number of hydrogen-bond acceptors (Lipinski definition) is 3. The molecule has 2 aliphatic carbocycles. The number of nitrogens with zero attached hydrogens (tertiary/aromatic N) is 4. The number of fused-ring (bicyclic) bond motifs is 3. The van der Waals surface area contributed by atoms with Crippen LogP contribution in [0.4, 0.5) is 0 Å². The summed E-state index contributed by atoms with van der Waals surface area (Å²) < 4.78 is 2.44. The predicted octanol–water partition coefficient (Wildman–Crippen LogP) is 12.3. The summed E-state index contributed by atoms with van der Waals surface area (Å²) in [5, 5.41) is 2.51. The first-order valence-corrected chi connectivity index (χ1v) is 17.9. The summed E-state index contributed by atoms with van der Waals surface area (Å²) in [5.74, 6) is 1.93. The van der Waals surface area contributed by atoms with Crippen molar-refractivity contribution >= 4 is 33.1 Å². The van der Waals surface area contributed by atoms with Crippen molar-refractivity contribution < 1.29 is 0 Å². The van der Waals surface area contributed by atoms with Gasteiger partial charge in [-0.15, -0.1) is 0 Å². The Labute approximate surface area is 303 Å². The maximum absolute atomic E-state index is 5.15. The van der Waals surface area contributed by atoms with E-state index in [-0.39, 0.29) is 0 Å². The van der Waals surface area contributed by atoms with Crippen LogP contribution in [0, 0.1) is 0 Å². The standard InChI is InChI=1S/C48H36N4/c1-2-33-16-15-19-35(29-28-33)47-49-46(34-17-5-3-6-18-34)50-48(51-47)42-26-12-11-24-40(42)39-23-10-9-22-38(39)36-30-31-45-43(32-36)41-25-13-14-27-44(41)52(45)37-20-7-4-8-21-37/h2-7,9-20,22-27,29-32H,1,8,21,28H2. The fourth-order valence-corrected chi connectivity index (χ4v) is 7.41. The maximum atomic E-state index is 5.15. The molecule has 0 N–H and O–H groups in total. The van der Waals surface area contributed by atoms with Gasteiger partial charge in [0.15, 0.2) is 17.5 Å². The van der Waals surface area contributed by atoms with Gasteiger partial charge in [-0.3, -0.25) is 0 Å². The van der Waals surface area contributed by atoms with Gasteiger partial charge in [0.1, 0.15) is 0 Å². The molecule has 0 radical (unpaired) electrons. The molecule has 5 aromatic carbocycles. The minimum absolute atomic E-state index is 0.637. The topological polar surface area (TPSA) is 43.6 Å². The molecule has 9 rings (SSSR count). The summed E-state index contributed by atoms with van der Waals surface area (Å²) in [5.41, 5.74) is 12.3. The van der Waals surface area contributed by atoms with Crippen LogP contribution in [-0.4, -0.2) is 19.5 Å². The highest BCUT2D eigenvalue weighted by Gasteiger charge is 2.20. The Morgan fingerprint density at radius 3 is 2.08 bits per heavy atom. The highest BCUT2D eigenvalue weighted by atomic mass is 15.0. The van der Waals surface area contributed by atoms with Crippen molar-refractivity contribution in [1.29, 1.82) is 0 Å². The zero-order valence-corrected chi connectivity index (χ0v) is 28.8. The zero-order valence-electron chi connectivity index (χ0n) is 28.8. The van der Waals surface area contributed by atoms with Crippen molar-refractivity contribution in [3.63, 3.8) is 0 Å². The van der Waals surface area contributed by atoms with Gasteiger partial charge in [-0.05, 0) is 71.4 Å². The molecule has 0 unspecified atom stereocenters. The predicted molar refractivity (Wildman–Crippen MR) is 217 cm³/mol. The zero-order chi connectivity index (χ0) is 34.9. The van der Waals surface area contributed by atoms with Gasteiger partial charge in [-0.25, -0.2) is 15.0 Å². The van der Waals surface area contributed by atoms with Gasteiger partial charge < -0.3 is 4.57 Å². The minimum atomic E-state index is 0.637. The van der Waals surface area contributed by atoms with Crippen molar-refractivity contribution in [1.82, 2.24) is 19.5 Å². The molecule has 2 aromatic heterocycles. The summed E-state index contributed by atoms with van der Waals surface area (Å²) in [4.78, 5) is 15.3. The Hall–Kier alpha value is -6.65. The van der Waals surface area contributed by atoms with Crippen molar-refractivity contribution in [2.45, 2.75) is 19.3 Å². The molecule has 4 nitrogen and oxygen atoms in total. The lowest BCUT2D eigenvalue weighted by atomic mass is 9.91. The van der Waals surface area contributed by atoms with E-state index in [1.165, 1.54) is 33.1 Å². The van der Waals surface area contributed by atoms with E-state index in [1.54, 1.807) is 0 Å². The summed E-state index contributed by atoms with van der Waals surface area (Å²) >= 11 is 0. The molecule has 52 heavy (non-hydrogen) atoms. The fourth-order valence-electron chi connectivity index (χ4n) is 7.41. The van der Waals surface area contributed by atoms with Gasteiger partial charge in [-0.1, -0.05) is 152 Å². The van der Waals surface area contributed by atoms with E-state index in [0.29, 0.717) is 17.5 Å². The number of aromatic nitrogens is 4. The molecule has 0 aliphatic heterocycles. The molecule has 0 saturated heterocycles. The SMILES string of the molecule is C=CC1=CC=CC(c2nc(-c3ccccc3)nc(-c3ccccc3-c3ccccc3-c3ccc4c(c3)c3ccccc3n4C3=CC=CCC3)n2)=CC1. The van der Waals surface area contributed by atoms with Gasteiger partial charge in [-0.2, -0.15) is 0 Å². The Morgan fingerprint density at radius 1 is 0.577 bits per heavy atom. The first-order chi connectivity index (χ1) is 25.7. The van der Waals surface area contributed by atoms with Gasteiger partial charge in [0.25, 0.3) is 0 Å². The van der Waals surface area contributed by atoms with Gasteiger partial charge >= 0.3 is 0 Å². The van der Waals surface area contributed by atoms with E-state index in [1.807, 2.05) is 42.5 Å². The largest absolute Gasteiger partial charge is 0.313 e. The smallest absolute Gasteiger partial charge is 0.164 e. The van der Waals surface area contributed by atoms with Gasteiger partial charge in [0.05, 0.1) is 11.0 Å². The monoisotopic (exact) mass is 668 g/mol. The normalized spacial score (nSPS) is 14.2. The first-order valence-electron chi connectivity index (χ1n) is 17.9. The highest BCUT2D eigenvalue weighted by Crippen LogP contribution is 2.41. The molecule has 0 atom stereocenters. The van der Waals surface area contributed by atoms with Crippen molar-refractivity contribution in [3.8, 4) is 45.0 Å². The minimum Gasteiger partial charge on any atom is -0.313 e. The molecular formula is C48H36N4. The molecule has 0 bridgehead atoms. The lowest BCUT2D eigenvalue weighted by Crippen LogP contribution is -2.03. The first kappa shape index (κ1) is 31.3. The Bertz CT molecular complexity index is 2670. The molecular weight excluding hydrogens is 633 g/mol.